The number of unbranched alkanes of at least 4 members (excludes halogenated alkanes) is 4. The van der Waals surface area contributed by atoms with Crippen molar-refractivity contribution in [3.05, 3.63) is 12.7 Å². The van der Waals surface area contributed by atoms with E-state index in [1.807, 2.05) is 0 Å². The van der Waals surface area contributed by atoms with Gasteiger partial charge in [0.25, 0.3) is 0 Å². The van der Waals surface area contributed by atoms with Crippen LogP contribution in [-0.2, 0) is 9.59 Å². The third kappa shape index (κ3) is 6.38. The van der Waals surface area contributed by atoms with E-state index in [2.05, 4.69) is 13.5 Å². The Morgan fingerprint density at radius 1 is 1.25 bits per heavy atom. The molecule has 0 aromatic carbocycles. The van der Waals surface area contributed by atoms with E-state index in [0.29, 0.717) is 6.42 Å². The molecule has 0 rings (SSSR count). The highest BCUT2D eigenvalue weighted by Gasteiger charge is 2.23. The summed E-state index contributed by atoms with van der Waals surface area (Å²) in [6.45, 7) is 5.61. The van der Waals surface area contributed by atoms with Gasteiger partial charge in [-0.3, -0.25) is 9.59 Å². The normalized spacial score (nSPS) is 12.1. The highest BCUT2D eigenvalue weighted by molar-refractivity contribution is 5.98. The van der Waals surface area contributed by atoms with Gasteiger partial charge in [0.1, 0.15) is 11.7 Å². The molecule has 0 aromatic heterocycles. The summed E-state index contributed by atoms with van der Waals surface area (Å²) in [4.78, 5) is 22.4. The Labute approximate surface area is 97.5 Å². The lowest BCUT2D eigenvalue weighted by molar-refractivity contribution is -0.146. The Morgan fingerprint density at radius 3 is 2.38 bits per heavy atom. The molecule has 0 saturated heterocycles. The third-order valence-corrected chi connectivity index (χ3v) is 2.62. The van der Waals surface area contributed by atoms with Crippen molar-refractivity contribution in [1.29, 1.82) is 0 Å². The number of carbonyl (C=O) groups is 2. The van der Waals surface area contributed by atoms with E-state index in [0.717, 1.165) is 19.3 Å². The second-order valence-electron chi connectivity index (χ2n) is 4.05. The van der Waals surface area contributed by atoms with E-state index in [-0.39, 0.29) is 12.2 Å². The topological polar surface area (TPSA) is 54.4 Å². The van der Waals surface area contributed by atoms with Crippen molar-refractivity contribution in [3.8, 4) is 0 Å². The number of allylic oxidation sites excluding steroid dienone is 1. The zero-order valence-electron chi connectivity index (χ0n) is 10.1. The Kier molecular flexibility index (Phi) is 8.49. The third-order valence-electron chi connectivity index (χ3n) is 2.62. The van der Waals surface area contributed by atoms with Gasteiger partial charge in [-0.2, -0.15) is 0 Å². The molecule has 1 atom stereocenters. The first-order valence-corrected chi connectivity index (χ1v) is 5.99. The summed E-state index contributed by atoms with van der Waals surface area (Å²) >= 11 is 0. The molecule has 0 aliphatic heterocycles. The van der Waals surface area contributed by atoms with Gasteiger partial charge in [0, 0.05) is 6.42 Å². The quantitative estimate of drug-likeness (QED) is 0.353. The largest absolute Gasteiger partial charge is 0.481 e. The number of carboxylic acids is 1. The van der Waals surface area contributed by atoms with Gasteiger partial charge in [-0.25, -0.2) is 0 Å². The van der Waals surface area contributed by atoms with Crippen molar-refractivity contribution in [1.82, 2.24) is 0 Å². The molecule has 0 amide bonds. The minimum atomic E-state index is -1.03. The predicted octanol–water partition coefficient (Wildman–Crippen LogP) is 3.19. The first-order valence-electron chi connectivity index (χ1n) is 5.99. The molecule has 0 saturated carbocycles. The van der Waals surface area contributed by atoms with E-state index in [4.69, 9.17) is 5.11 Å². The monoisotopic (exact) mass is 226 g/mol. The first kappa shape index (κ1) is 14.9. The van der Waals surface area contributed by atoms with Crippen LogP contribution in [0.25, 0.3) is 0 Å². The van der Waals surface area contributed by atoms with Crippen LogP contribution in [-0.4, -0.2) is 16.9 Å². The average Bonchev–Trinajstić information content (AvgIpc) is 2.24. The number of ketones is 1. The fraction of sp³-hybridized carbons (Fsp3) is 0.692. The molecule has 92 valence electrons. The van der Waals surface area contributed by atoms with Crippen LogP contribution in [0.4, 0.5) is 0 Å². The summed E-state index contributed by atoms with van der Waals surface area (Å²) in [5, 5.41) is 8.85. The molecule has 1 N–H and O–H groups in total. The molecule has 16 heavy (non-hydrogen) atoms. The van der Waals surface area contributed by atoms with Crippen LogP contribution >= 0.6 is 0 Å². The number of hydrogen-bond donors (Lipinski definition) is 1. The van der Waals surface area contributed by atoms with Crippen molar-refractivity contribution >= 4 is 11.8 Å². The Balaban J connectivity index is 3.83. The number of aliphatic carboxylic acids is 1. The van der Waals surface area contributed by atoms with Crippen LogP contribution in [0.5, 0.6) is 0 Å². The summed E-state index contributed by atoms with van der Waals surface area (Å²) in [5.74, 6) is -2.08. The summed E-state index contributed by atoms with van der Waals surface area (Å²) in [5.41, 5.74) is 0. The number of Topliss-reactive ketones (excluding diaryl/α,β-unsaturated/α-hetero) is 1. The maximum absolute atomic E-state index is 11.6. The molecule has 0 aromatic rings. The van der Waals surface area contributed by atoms with E-state index < -0.39 is 11.9 Å². The molecule has 1 unspecified atom stereocenters. The number of hydrogen-bond acceptors (Lipinski definition) is 2. The Bertz CT molecular complexity index is 233. The van der Waals surface area contributed by atoms with Crippen molar-refractivity contribution in [3.63, 3.8) is 0 Å². The number of carbonyl (C=O) groups excluding carboxylic acids is 1. The molecular formula is C13H22O3. The standard InChI is InChI=1S/C13H22O3/c1-3-5-6-7-8-10-12(14)11(9-4-2)13(15)16/h4,11H,2-3,5-10H2,1H3,(H,15,16). The van der Waals surface area contributed by atoms with Gasteiger partial charge >= 0.3 is 5.97 Å². The van der Waals surface area contributed by atoms with Crippen molar-refractivity contribution < 1.29 is 14.7 Å². The SMILES string of the molecule is C=CCC(C(=O)O)C(=O)CCCCCCC. The molecule has 0 bridgehead atoms. The molecular weight excluding hydrogens is 204 g/mol. The molecule has 0 aliphatic carbocycles. The van der Waals surface area contributed by atoms with E-state index in [9.17, 15) is 9.59 Å². The summed E-state index contributed by atoms with van der Waals surface area (Å²) < 4.78 is 0. The molecule has 0 spiro atoms. The average molecular weight is 226 g/mol. The minimum Gasteiger partial charge on any atom is -0.481 e. The maximum Gasteiger partial charge on any atom is 0.314 e. The van der Waals surface area contributed by atoms with Crippen LogP contribution < -0.4 is 0 Å². The molecule has 3 nitrogen and oxygen atoms in total. The number of rotatable bonds is 10. The van der Waals surface area contributed by atoms with Gasteiger partial charge in [-0.1, -0.05) is 38.7 Å². The maximum atomic E-state index is 11.6. The second-order valence-corrected chi connectivity index (χ2v) is 4.05. The highest BCUT2D eigenvalue weighted by atomic mass is 16.4. The fourth-order valence-electron chi connectivity index (χ4n) is 1.61. The van der Waals surface area contributed by atoms with Crippen molar-refractivity contribution in [2.75, 3.05) is 0 Å². The van der Waals surface area contributed by atoms with Gasteiger partial charge in [-0.05, 0) is 12.8 Å². The molecule has 0 aliphatic rings. The minimum absolute atomic E-state index is 0.163. The zero-order chi connectivity index (χ0) is 12.4. The van der Waals surface area contributed by atoms with Crippen LogP contribution in [0.3, 0.4) is 0 Å². The lowest BCUT2D eigenvalue weighted by Gasteiger charge is -2.08. The second kappa shape index (κ2) is 9.13. The summed E-state index contributed by atoms with van der Waals surface area (Å²) in [6.07, 6.45) is 7.42. The van der Waals surface area contributed by atoms with E-state index >= 15 is 0 Å². The summed E-state index contributed by atoms with van der Waals surface area (Å²) in [6, 6.07) is 0. The summed E-state index contributed by atoms with van der Waals surface area (Å²) in [7, 11) is 0. The Morgan fingerprint density at radius 2 is 1.88 bits per heavy atom. The molecule has 0 fully saturated rings. The lowest BCUT2D eigenvalue weighted by Crippen LogP contribution is -2.23. The fourth-order valence-corrected chi connectivity index (χ4v) is 1.61. The first-order chi connectivity index (χ1) is 7.63. The zero-order valence-corrected chi connectivity index (χ0v) is 10.1. The van der Waals surface area contributed by atoms with Gasteiger partial charge in [0.05, 0.1) is 0 Å². The van der Waals surface area contributed by atoms with Gasteiger partial charge in [0.2, 0.25) is 0 Å². The predicted molar refractivity (Wildman–Crippen MR) is 64.3 cm³/mol. The highest BCUT2D eigenvalue weighted by Crippen LogP contribution is 2.12. The van der Waals surface area contributed by atoms with E-state index in [1.54, 1.807) is 0 Å². The Hall–Kier alpha value is -1.12. The van der Waals surface area contributed by atoms with Crippen molar-refractivity contribution in [2.24, 2.45) is 5.92 Å². The van der Waals surface area contributed by atoms with Crippen LogP contribution in [0.2, 0.25) is 0 Å². The van der Waals surface area contributed by atoms with E-state index in [1.165, 1.54) is 18.9 Å². The molecule has 0 radical (unpaired) electrons. The number of carboxylic acid groups (broad SMARTS) is 1. The van der Waals surface area contributed by atoms with Crippen molar-refractivity contribution in [2.45, 2.75) is 51.9 Å². The van der Waals surface area contributed by atoms with Gasteiger partial charge < -0.3 is 5.11 Å². The smallest absolute Gasteiger partial charge is 0.314 e. The molecule has 0 heterocycles. The van der Waals surface area contributed by atoms with Crippen LogP contribution in [0.15, 0.2) is 12.7 Å². The van der Waals surface area contributed by atoms with Crippen LogP contribution in [0.1, 0.15) is 51.9 Å². The molecule has 3 heteroatoms. The van der Waals surface area contributed by atoms with Gasteiger partial charge in [-0.15, -0.1) is 6.58 Å². The van der Waals surface area contributed by atoms with Gasteiger partial charge in [0.15, 0.2) is 0 Å². The lowest BCUT2D eigenvalue weighted by atomic mass is 9.96. The van der Waals surface area contributed by atoms with Crippen LogP contribution in [0, 0.1) is 5.92 Å².